The molecule has 0 atom stereocenters. The molecule has 1 aromatic rings. The second-order valence-corrected chi connectivity index (χ2v) is 3.88. The van der Waals surface area contributed by atoms with E-state index >= 15 is 0 Å². The number of hydrogen-bond acceptors (Lipinski definition) is 3. The molecule has 0 aliphatic carbocycles. The summed E-state index contributed by atoms with van der Waals surface area (Å²) in [6, 6.07) is 7.82. The van der Waals surface area contributed by atoms with Crippen molar-refractivity contribution in [2.45, 2.75) is 19.8 Å². The van der Waals surface area contributed by atoms with Crippen LogP contribution in [-0.4, -0.2) is 32.8 Å². The maximum absolute atomic E-state index is 11.6. The van der Waals surface area contributed by atoms with Crippen LogP contribution in [0.2, 0.25) is 0 Å². The van der Waals surface area contributed by atoms with Crippen LogP contribution in [0.25, 0.3) is 0 Å². The van der Waals surface area contributed by atoms with Crippen molar-refractivity contribution in [3.8, 4) is 5.75 Å². The van der Waals surface area contributed by atoms with E-state index in [2.05, 4.69) is 5.32 Å². The molecule has 0 unspecified atom stereocenters. The lowest BCUT2D eigenvalue weighted by Gasteiger charge is -2.09. The van der Waals surface area contributed by atoms with Crippen molar-refractivity contribution in [2.75, 3.05) is 26.9 Å². The lowest BCUT2D eigenvalue weighted by Crippen LogP contribution is -2.27. The minimum absolute atomic E-state index is 0.0401. The summed E-state index contributed by atoms with van der Waals surface area (Å²) in [5, 5.41) is 2.80. The average molecular weight is 251 g/mol. The second-order valence-electron chi connectivity index (χ2n) is 3.88. The number of methoxy groups -OCH3 is 1. The molecule has 1 N–H and O–H groups in total. The van der Waals surface area contributed by atoms with Crippen LogP contribution in [0.15, 0.2) is 24.3 Å². The number of nitrogens with one attached hydrogen (secondary N) is 1. The molecular formula is C14H21NO3. The van der Waals surface area contributed by atoms with Crippen LogP contribution >= 0.6 is 0 Å². The topological polar surface area (TPSA) is 47.6 Å². The minimum Gasteiger partial charge on any atom is -0.494 e. The number of amides is 1. The summed E-state index contributed by atoms with van der Waals surface area (Å²) in [7, 11) is 1.62. The number of ether oxygens (including phenoxy) is 2. The largest absolute Gasteiger partial charge is 0.494 e. The Bertz CT molecular complexity index is 366. The van der Waals surface area contributed by atoms with Gasteiger partial charge >= 0.3 is 0 Å². The highest BCUT2D eigenvalue weighted by Crippen LogP contribution is 2.19. The molecule has 0 saturated heterocycles. The molecule has 0 aliphatic rings. The molecule has 0 fully saturated rings. The van der Waals surface area contributed by atoms with Crippen molar-refractivity contribution in [1.29, 1.82) is 0 Å². The standard InChI is InChI=1S/C14H21NO3/c1-3-18-13-7-5-4-6-12(13)8-9-14(16)15-10-11-17-2/h4-7H,3,8-11H2,1-2H3,(H,15,16). The highest BCUT2D eigenvalue weighted by molar-refractivity contribution is 5.76. The van der Waals surface area contributed by atoms with Gasteiger partial charge in [0, 0.05) is 20.1 Å². The van der Waals surface area contributed by atoms with Crippen LogP contribution < -0.4 is 10.1 Å². The molecule has 1 amide bonds. The van der Waals surface area contributed by atoms with E-state index in [1.807, 2.05) is 31.2 Å². The Morgan fingerprint density at radius 3 is 2.83 bits per heavy atom. The molecule has 4 nitrogen and oxygen atoms in total. The first-order valence-electron chi connectivity index (χ1n) is 6.24. The number of aryl methyl sites for hydroxylation is 1. The van der Waals surface area contributed by atoms with Gasteiger partial charge in [-0.3, -0.25) is 4.79 Å². The minimum atomic E-state index is 0.0401. The Balaban J connectivity index is 2.40. The Labute approximate surface area is 108 Å². The van der Waals surface area contributed by atoms with Crippen LogP contribution in [0.1, 0.15) is 18.9 Å². The van der Waals surface area contributed by atoms with Crippen molar-refractivity contribution < 1.29 is 14.3 Å². The second kappa shape index (κ2) is 8.53. The van der Waals surface area contributed by atoms with Gasteiger partial charge in [-0.25, -0.2) is 0 Å². The Morgan fingerprint density at radius 1 is 1.33 bits per heavy atom. The number of para-hydroxylation sites is 1. The van der Waals surface area contributed by atoms with Gasteiger partial charge < -0.3 is 14.8 Å². The zero-order valence-corrected chi connectivity index (χ0v) is 11.1. The van der Waals surface area contributed by atoms with E-state index in [-0.39, 0.29) is 5.91 Å². The van der Waals surface area contributed by atoms with Crippen molar-refractivity contribution in [2.24, 2.45) is 0 Å². The fourth-order valence-corrected chi connectivity index (χ4v) is 1.64. The first-order valence-corrected chi connectivity index (χ1v) is 6.24. The molecule has 0 aliphatic heterocycles. The first kappa shape index (κ1) is 14.5. The van der Waals surface area contributed by atoms with Gasteiger partial charge in [-0.05, 0) is 25.0 Å². The first-order chi connectivity index (χ1) is 8.77. The Morgan fingerprint density at radius 2 is 2.11 bits per heavy atom. The summed E-state index contributed by atoms with van der Waals surface area (Å²) in [4.78, 5) is 11.6. The molecular weight excluding hydrogens is 230 g/mol. The van der Waals surface area contributed by atoms with E-state index in [0.717, 1.165) is 11.3 Å². The predicted octanol–water partition coefficient (Wildman–Crippen LogP) is 1.78. The monoisotopic (exact) mass is 251 g/mol. The summed E-state index contributed by atoms with van der Waals surface area (Å²) in [6.45, 7) is 3.69. The molecule has 0 heterocycles. The third-order valence-electron chi connectivity index (χ3n) is 2.52. The number of rotatable bonds is 8. The van der Waals surface area contributed by atoms with Crippen molar-refractivity contribution in [3.63, 3.8) is 0 Å². The maximum atomic E-state index is 11.6. The maximum Gasteiger partial charge on any atom is 0.220 e. The predicted molar refractivity (Wildman–Crippen MR) is 70.8 cm³/mol. The van der Waals surface area contributed by atoms with Crippen LogP contribution in [0.4, 0.5) is 0 Å². The number of carbonyl (C=O) groups is 1. The summed E-state index contributed by atoms with van der Waals surface area (Å²) in [6.07, 6.45) is 1.16. The zero-order valence-electron chi connectivity index (χ0n) is 11.1. The summed E-state index contributed by atoms with van der Waals surface area (Å²) in [5.74, 6) is 0.906. The normalized spacial score (nSPS) is 10.1. The highest BCUT2D eigenvalue weighted by atomic mass is 16.5. The molecule has 0 radical (unpaired) electrons. The van der Waals surface area contributed by atoms with Gasteiger partial charge in [0.15, 0.2) is 0 Å². The smallest absolute Gasteiger partial charge is 0.220 e. The van der Waals surface area contributed by atoms with Crippen LogP contribution in [0.5, 0.6) is 5.75 Å². The molecule has 4 heteroatoms. The van der Waals surface area contributed by atoms with E-state index in [1.54, 1.807) is 7.11 Å². The summed E-state index contributed by atoms with van der Waals surface area (Å²) < 4.78 is 10.4. The molecule has 18 heavy (non-hydrogen) atoms. The molecule has 1 rings (SSSR count). The third-order valence-corrected chi connectivity index (χ3v) is 2.52. The van der Waals surface area contributed by atoms with Gasteiger partial charge in [0.05, 0.1) is 13.2 Å². The summed E-state index contributed by atoms with van der Waals surface area (Å²) in [5.41, 5.74) is 1.07. The van der Waals surface area contributed by atoms with Gasteiger partial charge in [-0.1, -0.05) is 18.2 Å². The van der Waals surface area contributed by atoms with Crippen molar-refractivity contribution in [3.05, 3.63) is 29.8 Å². The van der Waals surface area contributed by atoms with E-state index in [1.165, 1.54) is 0 Å². The Hall–Kier alpha value is -1.55. The SMILES string of the molecule is CCOc1ccccc1CCC(=O)NCCOC. The van der Waals surface area contributed by atoms with Crippen LogP contribution in [0, 0.1) is 0 Å². The molecule has 0 aromatic heterocycles. The van der Waals surface area contributed by atoms with E-state index in [9.17, 15) is 4.79 Å². The zero-order chi connectivity index (χ0) is 13.2. The lowest BCUT2D eigenvalue weighted by molar-refractivity contribution is -0.121. The molecule has 1 aromatic carbocycles. The fourth-order valence-electron chi connectivity index (χ4n) is 1.64. The van der Waals surface area contributed by atoms with E-state index in [0.29, 0.717) is 32.6 Å². The lowest BCUT2D eigenvalue weighted by atomic mass is 10.1. The molecule has 0 saturated carbocycles. The third kappa shape index (κ3) is 5.19. The van der Waals surface area contributed by atoms with Crippen molar-refractivity contribution >= 4 is 5.91 Å². The quantitative estimate of drug-likeness (QED) is 0.716. The number of hydrogen-bond donors (Lipinski definition) is 1. The van der Waals surface area contributed by atoms with Crippen LogP contribution in [-0.2, 0) is 16.0 Å². The van der Waals surface area contributed by atoms with Gasteiger partial charge in [0.1, 0.15) is 5.75 Å². The average Bonchev–Trinajstić information content (AvgIpc) is 2.38. The Kier molecular flexibility index (Phi) is 6.87. The highest BCUT2D eigenvalue weighted by Gasteiger charge is 2.05. The number of benzene rings is 1. The molecule has 100 valence electrons. The van der Waals surface area contributed by atoms with Gasteiger partial charge in [0.25, 0.3) is 0 Å². The number of carbonyl (C=O) groups excluding carboxylic acids is 1. The van der Waals surface area contributed by atoms with E-state index < -0.39 is 0 Å². The molecule has 0 bridgehead atoms. The van der Waals surface area contributed by atoms with Crippen LogP contribution in [0.3, 0.4) is 0 Å². The van der Waals surface area contributed by atoms with E-state index in [4.69, 9.17) is 9.47 Å². The van der Waals surface area contributed by atoms with Gasteiger partial charge in [-0.2, -0.15) is 0 Å². The summed E-state index contributed by atoms with van der Waals surface area (Å²) >= 11 is 0. The van der Waals surface area contributed by atoms with Gasteiger partial charge in [0.2, 0.25) is 5.91 Å². The van der Waals surface area contributed by atoms with Gasteiger partial charge in [-0.15, -0.1) is 0 Å². The van der Waals surface area contributed by atoms with Crippen molar-refractivity contribution in [1.82, 2.24) is 5.32 Å². The molecule has 0 spiro atoms. The fraction of sp³-hybridized carbons (Fsp3) is 0.500.